The van der Waals surface area contributed by atoms with Gasteiger partial charge in [-0.3, -0.25) is 0 Å². The van der Waals surface area contributed by atoms with E-state index in [4.69, 9.17) is 17.3 Å². The molecule has 0 aromatic heterocycles. The third-order valence-electron chi connectivity index (χ3n) is 2.21. The zero-order valence-electron chi connectivity index (χ0n) is 9.52. The minimum absolute atomic E-state index is 0. The van der Waals surface area contributed by atoms with Gasteiger partial charge in [-0.25, -0.2) is 0 Å². The Balaban J connectivity index is 0. The van der Waals surface area contributed by atoms with Gasteiger partial charge in [0.25, 0.3) is 0 Å². The highest BCUT2D eigenvalue weighted by molar-refractivity contribution is 6.30. The van der Waals surface area contributed by atoms with Crippen molar-refractivity contribution in [2.75, 3.05) is 27.2 Å². The second kappa shape index (κ2) is 9.08. The first-order chi connectivity index (χ1) is 6.63. The molecule has 1 rings (SSSR count). The van der Waals surface area contributed by atoms with Gasteiger partial charge in [0.2, 0.25) is 0 Å². The number of nitrogens with zero attached hydrogens (tertiary/aromatic N) is 1. The normalized spacial score (nSPS) is 11.6. The van der Waals surface area contributed by atoms with Crippen LogP contribution in [0, 0.1) is 0 Å². The topological polar surface area (TPSA) is 29.3 Å². The van der Waals surface area contributed by atoms with Crippen molar-refractivity contribution in [3.05, 3.63) is 34.9 Å². The van der Waals surface area contributed by atoms with Crippen molar-refractivity contribution in [2.24, 2.45) is 5.73 Å². The molecule has 94 valence electrons. The van der Waals surface area contributed by atoms with Gasteiger partial charge in [-0.15, -0.1) is 24.8 Å². The Morgan fingerprint density at radius 1 is 1.19 bits per heavy atom. The van der Waals surface area contributed by atoms with Crippen LogP contribution in [0.1, 0.15) is 11.5 Å². The Bertz CT molecular complexity index is 275. The lowest BCUT2D eigenvalue weighted by atomic mass is 9.99. The average molecular weight is 286 g/mol. The zero-order valence-corrected chi connectivity index (χ0v) is 11.9. The molecule has 2 N–H and O–H groups in total. The van der Waals surface area contributed by atoms with E-state index in [1.807, 2.05) is 24.3 Å². The molecular formula is C11H19Cl3N2. The Morgan fingerprint density at radius 3 is 2.06 bits per heavy atom. The smallest absolute Gasteiger partial charge is 0.0406 e. The molecule has 0 aliphatic rings. The van der Waals surface area contributed by atoms with Crippen LogP contribution < -0.4 is 5.73 Å². The third-order valence-corrected chi connectivity index (χ3v) is 2.46. The van der Waals surface area contributed by atoms with Gasteiger partial charge in [0.1, 0.15) is 0 Å². The number of benzene rings is 1. The monoisotopic (exact) mass is 284 g/mol. The Morgan fingerprint density at radius 2 is 1.69 bits per heavy atom. The summed E-state index contributed by atoms with van der Waals surface area (Å²) < 4.78 is 0. The van der Waals surface area contributed by atoms with Crippen LogP contribution in [0.5, 0.6) is 0 Å². The summed E-state index contributed by atoms with van der Waals surface area (Å²) in [5, 5.41) is 0.773. The summed E-state index contributed by atoms with van der Waals surface area (Å²) in [4.78, 5) is 2.14. The second-order valence-electron chi connectivity index (χ2n) is 3.75. The number of nitrogens with two attached hydrogens (primary N) is 1. The standard InChI is InChI=1S/C11H17ClN2.2ClH/c1-14(2)8-10(7-13)9-3-5-11(12)6-4-9;;/h3-6,10H,7-8,13H2,1-2H3;2*1H. The number of hydrogen-bond acceptors (Lipinski definition) is 2. The molecule has 0 spiro atoms. The molecule has 0 aliphatic heterocycles. The van der Waals surface area contributed by atoms with Crippen molar-refractivity contribution in [1.29, 1.82) is 0 Å². The maximum absolute atomic E-state index is 5.82. The first kappa shape index (κ1) is 18.4. The molecule has 2 nitrogen and oxygen atoms in total. The van der Waals surface area contributed by atoms with Crippen molar-refractivity contribution in [2.45, 2.75) is 5.92 Å². The predicted molar refractivity (Wildman–Crippen MR) is 76.3 cm³/mol. The van der Waals surface area contributed by atoms with E-state index < -0.39 is 0 Å². The average Bonchev–Trinajstić information content (AvgIpc) is 2.15. The van der Waals surface area contributed by atoms with Gasteiger partial charge in [-0.05, 0) is 31.8 Å². The maximum atomic E-state index is 5.82. The highest BCUT2D eigenvalue weighted by atomic mass is 35.5. The quantitative estimate of drug-likeness (QED) is 0.922. The Hall–Kier alpha value is 0.01000. The first-order valence-corrected chi connectivity index (χ1v) is 5.11. The van der Waals surface area contributed by atoms with Crippen LogP contribution in [0.15, 0.2) is 24.3 Å². The summed E-state index contributed by atoms with van der Waals surface area (Å²) in [5.41, 5.74) is 6.99. The van der Waals surface area contributed by atoms with Crippen LogP contribution >= 0.6 is 36.4 Å². The van der Waals surface area contributed by atoms with Crippen LogP contribution in [-0.4, -0.2) is 32.1 Å². The minimum Gasteiger partial charge on any atom is -0.330 e. The van der Waals surface area contributed by atoms with Gasteiger partial charge in [-0.1, -0.05) is 23.7 Å². The fraction of sp³-hybridized carbons (Fsp3) is 0.455. The molecule has 0 saturated heterocycles. The van der Waals surface area contributed by atoms with E-state index in [0.717, 1.165) is 11.6 Å². The molecule has 1 atom stereocenters. The van der Waals surface area contributed by atoms with E-state index in [9.17, 15) is 0 Å². The van der Waals surface area contributed by atoms with Gasteiger partial charge in [0, 0.05) is 24.0 Å². The summed E-state index contributed by atoms with van der Waals surface area (Å²) >= 11 is 5.82. The lowest BCUT2D eigenvalue weighted by Crippen LogP contribution is -2.25. The predicted octanol–water partition coefficient (Wildman–Crippen LogP) is 2.79. The van der Waals surface area contributed by atoms with E-state index in [2.05, 4.69) is 19.0 Å². The fourth-order valence-electron chi connectivity index (χ4n) is 1.49. The van der Waals surface area contributed by atoms with Gasteiger partial charge in [0.05, 0.1) is 0 Å². The molecule has 0 bridgehead atoms. The van der Waals surface area contributed by atoms with E-state index in [1.54, 1.807) is 0 Å². The van der Waals surface area contributed by atoms with Crippen LogP contribution in [0.2, 0.25) is 5.02 Å². The van der Waals surface area contributed by atoms with Crippen molar-refractivity contribution >= 4 is 36.4 Å². The lowest BCUT2D eigenvalue weighted by molar-refractivity contribution is 0.375. The van der Waals surface area contributed by atoms with Gasteiger partial charge < -0.3 is 10.6 Å². The molecule has 5 heteroatoms. The molecule has 0 heterocycles. The van der Waals surface area contributed by atoms with E-state index in [0.29, 0.717) is 12.5 Å². The summed E-state index contributed by atoms with van der Waals surface area (Å²) in [5.74, 6) is 0.391. The van der Waals surface area contributed by atoms with Crippen molar-refractivity contribution in [3.8, 4) is 0 Å². The highest BCUT2D eigenvalue weighted by Gasteiger charge is 2.10. The Kier molecular flexibility index (Phi) is 10.4. The minimum atomic E-state index is 0. The zero-order chi connectivity index (χ0) is 10.6. The number of likely N-dealkylation sites (N-methyl/N-ethyl adjacent to an activating group) is 1. The van der Waals surface area contributed by atoms with Crippen LogP contribution in [-0.2, 0) is 0 Å². The number of hydrogen-bond donors (Lipinski definition) is 1. The first-order valence-electron chi connectivity index (χ1n) is 4.73. The molecule has 0 aliphatic carbocycles. The highest BCUT2D eigenvalue weighted by Crippen LogP contribution is 2.18. The van der Waals surface area contributed by atoms with E-state index in [-0.39, 0.29) is 24.8 Å². The number of rotatable bonds is 4. The largest absolute Gasteiger partial charge is 0.330 e. The van der Waals surface area contributed by atoms with Crippen LogP contribution in [0.25, 0.3) is 0 Å². The summed E-state index contributed by atoms with van der Waals surface area (Å²) in [6.07, 6.45) is 0. The Labute approximate surface area is 115 Å². The van der Waals surface area contributed by atoms with Crippen molar-refractivity contribution < 1.29 is 0 Å². The third kappa shape index (κ3) is 5.92. The second-order valence-corrected chi connectivity index (χ2v) is 4.18. The molecule has 1 unspecified atom stereocenters. The van der Waals surface area contributed by atoms with Crippen molar-refractivity contribution in [3.63, 3.8) is 0 Å². The van der Waals surface area contributed by atoms with Gasteiger partial charge >= 0.3 is 0 Å². The van der Waals surface area contributed by atoms with Gasteiger partial charge in [-0.2, -0.15) is 0 Å². The summed E-state index contributed by atoms with van der Waals surface area (Å²) in [6.45, 7) is 1.64. The lowest BCUT2D eigenvalue weighted by Gasteiger charge is -2.19. The van der Waals surface area contributed by atoms with E-state index in [1.165, 1.54) is 5.56 Å². The van der Waals surface area contributed by atoms with E-state index >= 15 is 0 Å². The van der Waals surface area contributed by atoms with Crippen LogP contribution in [0.3, 0.4) is 0 Å². The van der Waals surface area contributed by atoms with Crippen molar-refractivity contribution in [1.82, 2.24) is 4.90 Å². The summed E-state index contributed by atoms with van der Waals surface area (Å²) in [7, 11) is 4.11. The fourth-order valence-corrected chi connectivity index (χ4v) is 1.62. The molecule has 1 aromatic rings. The molecule has 0 fully saturated rings. The molecule has 0 saturated carbocycles. The SMILES string of the molecule is CN(C)CC(CN)c1ccc(Cl)cc1.Cl.Cl. The molecule has 0 radical (unpaired) electrons. The molecule has 1 aromatic carbocycles. The molecule has 16 heavy (non-hydrogen) atoms. The molecule has 0 amide bonds. The summed E-state index contributed by atoms with van der Waals surface area (Å²) in [6, 6.07) is 7.91. The molecular weight excluding hydrogens is 266 g/mol. The maximum Gasteiger partial charge on any atom is 0.0406 e. The van der Waals surface area contributed by atoms with Crippen LogP contribution in [0.4, 0.5) is 0 Å². The van der Waals surface area contributed by atoms with Gasteiger partial charge in [0.15, 0.2) is 0 Å². The number of halogens is 3.